The molecule has 8 aromatic rings. The van der Waals surface area contributed by atoms with Gasteiger partial charge >= 0.3 is 0 Å². The monoisotopic (exact) mass is 601 g/mol. The normalized spacial score (nSPS) is 11.8. The van der Waals surface area contributed by atoms with Gasteiger partial charge in [0.05, 0.1) is 11.6 Å². The van der Waals surface area contributed by atoms with Crippen LogP contribution in [0.3, 0.4) is 0 Å². The van der Waals surface area contributed by atoms with E-state index in [0.717, 1.165) is 66.4 Å². The molecule has 0 saturated carbocycles. The summed E-state index contributed by atoms with van der Waals surface area (Å²) in [7, 11) is 0. The number of nitrogens with zero attached hydrogens (tertiary/aromatic N) is 1. The highest BCUT2D eigenvalue weighted by molar-refractivity contribution is 6.19. The zero-order chi connectivity index (χ0) is 31.7. The maximum absolute atomic E-state index is 9.44. The molecule has 1 aromatic heterocycles. The van der Waals surface area contributed by atoms with E-state index in [9.17, 15) is 5.26 Å². The lowest BCUT2D eigenvalue weighted by Gasteiger charge is -2.14. The van der Waals surface area contributed by atoms with Crippen LogP contribution >= 0.6 is 0 Å². The topological polar surface area (TPSA) is 36.9 Å². The molecule has 2 nitrogen and oxygen atoms in total. The molecule has 0 aliphatic rings. The first kappa shape index (κ1) is 28.3. The Kier molecular flexibility index (Phi) is 7.21. The maximum Gasteiger partial charge on any atom is 0.143 e. The molecule has 0 spiro atoms. The average molecular weight is 602 g/mol. The van der Waals surface area contributed by atoms with Crippen LogP contribution in [-0.2, 0) is 0 Å². The standard InChI is InChI=1S/C45H31NO/c1-30(32-11-5-2-6-12-32)33-21-23-36(24-22-33)39-25-26-40(37-19-17-31(29-46)18-20-37)45-43(39)42-28-38(34-13-7-3-8-14-34)27-41(44(42)47-45)35-15-9-4-10-16-35/h2-28,30H,1H3. The Balaban J connectivity index is 1.40. The molecule has 0 N–H and O–H groups in total. The van der Waals surface area contributed by atoms with E-state index >= 15 is 0 Å². The summed E-state index contributed by atoms with van der Waals surface area (Å²) in [5, 5.41) is 11.6. The summed E-state index contributed by atoms with van der Waals surface area (Å²) in [6, 6.07) is 59.5. The van der Waals surface area contributed by atoms with Gasteiger partial charge in [-0.1, -0.05) is 140 Å². The number of benzene rings is 7. The number of nitriles is 1. The first-order chi connectivity index (χ1) is 23.2. The van der Waals surface area contributed by atoms with E-state index in [1.165, 1.54) is 11.1 Å². The Bertz CT molecular complexity index is 2380. The maximum atomic E-state index is 9.44. The van der Waals surface area contributed by atoms with E-state index < -0.39 is 0 Å². The fourth-order valence-electron chi connectivity index (χ4n) is 6.69. The molecule has 0 fully saturated rings. The molecule has 0 amide bonds. The van der Waals surface area contributed by atoms with Crippen LogP contribution < -0.4 is 0 Å². The Hall–Kier alpha value is -6.17. The zero-order valence-corrected chi connectivity index (χ0v) is 26.0. The zero-order valence-electron chi connectivity index (χ0n) is 26.0. The smallest absolute Gasteiger partial charge is 0.143 e. The molecule has 0 saturated heterocycles. The fourth-order valence-corrected chi connectivity index (χ4v) is 6.69. The van der Waals surface area contributed by atoms with Gasteiger partial charge in [-0.05, 0) is 74.8 Å². The molecule has 1 heterocycles. The van der Waals surface area contributed by atoms with Crippen molar-refractivity contribution in [2.24, 2.45) is 0 Å². The largest absolute Gasteiger partial charge is 0.455 e. The van der Waals surface area contributed by atoms with Crippen LogP contribution in [0.1, 0.15) is 29.5 Å². The summed E-state index contributed by atoms with van der Waals surface area (Å²) in [5.74, 6) is 0.292. The van der Waals surface area contributed by atoms with E-state index in [-0.39, 0.29) is 0 Å². The molecule has 0 aliphatic heterocycles. The second-order valence-electron chi connectivity index (χ2n) is 12.0. The fraction of sp³-hybridized carbons (Fsp3) is 0.0444. The van der Waals surface area contributed by atoms with E-state index in [0.29, 0.717) is 11.5 Å². The van der Waals surface area contributed by atoms with Crippen LogP contribution in [0.15, 0.2) is 168 Å². The van der Waals surface area contributed by atoms with Gasteiger partial charge in [-0.15, -0.1) is 0 Å². The van der Waals surface area contributed by atoms with Crippen LogP contribution in [0.25, 0.3) is 66.4 Å². The van der Waals surface area contributed by atoms with Crippen molar-refractivity contribution >= 4 is 21.9 Å². The lowest BCUT2D eigenvalue weighted by atomic mass is 9.89. The Morgan fingerprint density at radius 2 is 1.00 bits per heavy atom. The van der Waals surface area contributed by atoms with Crippen LogP contribution in [0.2, 0.25) is 0 Å². The van der Waals surface area contributed by atoms with Gasteiger partial charge in [0.15, 0.2) is 0 Å². The van der Waals surface area contributed by atoms with Crippen molar-refractivity contribution in [3.8, 4) is 50.6 Å². The lowest BCUT2D eigenvalue weighted by molar-refractivity contribution is 0.671. The highest BCUT2D eigenvalue weighted by Crippen LogP contribution is 2.46. The summed E-state index contributed by atoms with van der Waals surface area (Å²) < 4.78 is 6.99. The highest BCUT2D eigenvalue weighted by atomic mass is 16.3. The van der Waals surface area contributed by atoms with Crippen LogP contribution in [0.5, 0.6) is 0 Å². The SMILES string of the molecule is CC(c1ccccc1)c1ccc(-c2ccc(-c3ccc(C#N)cc3)c3oc4c(-c5ccccc5)cc(-c5ccccc5)cc4c23)cc1. The minimum Gasteiger partial charge on any atom is -0.455 e. The van der Waals surface area contributed by atoms with Crippen LogP contribution in [0, 0.1) is 11.3 Å². The van der Waals surface area contributed by atoms with Crippen LogP contribution in [0.4, 0.5) is 0 Å². The molecular formula is C45H31NO. The van der Waals surface area contributed by atoms with E-state index in [2.05, 4.69) is 146 Å². The molecule has 7 aromatic carbocycles. The third-order valence-corrected chi connectivity index (χ3v) is 9.26. The van der Waals surface area contributed by atoms with E-state index in [4.69, 9.17) is 4.42 Å². The Morgan fingerprint density at radius 1 is 0.468 bits per heavy atom. The molecule has 8 rings (SSSR count). The number of hydrogen-bond acceptors (Lipinski definition) is 2. The predicted octanol–water partition coefficient (Wildman–Crippen LogP) is 12.3. The van der Waals surface area contributed by atoms with Gasteiger partial charge in [0.2, 0.25) is 0 Å². The number of furan rings is 1. The molecule has 1 atom stereocenters. The summed E-state index contributed by atoms with van der Waals surface area (Å²) in [4.78, 5) is 0. The summed E-state index contributed by atoms with van der Waals surface area (Å²) in [5.41, 5.74) is 13.7. The molecule has 47 heavy (non-hydrogen) atoms. The summed E-state index contributed by atoms with van der Waals surface area (Å²) in [6.45, 7) is 2.26. The quantitative estimate of drug-likeness (QED) is 0.190. The van der Waals surface area contributed by atoms with Crippen molar-refractivity contribution in [2.75, 3.05) is 0 Å². The average Bonchev–Trinajstić information content (AvgIpc) is 3.55. The number of rotatable bonds is 6. The minimum atomic E-state index is 0.292. The second kappa shape index (κ2) is 12.0. The van der Waals surface area contributed by atoms with Gasteiger partial charge < -0.3 is 4.42 Å². The van der Waals surface area contributed by atoms with E-state index in [1.54, 1.807) is 0 Å². The first-order valence-corrected chi connectivity index (χ1v) is 16.0. The number of hydrogen-bond donors (Lipinski definition) is 0. The molecular weight excluding hydrogens is 571 g/mol. The summed E-state index contributed by atoms with van der Waals surface area (Å²) >= 11 is 0. The van der Waals surface area contributed by atoms with Gasteiger partial charge in [0.25, 0.3) is 0 Å². The third kappa shape index (κ3) is 5.19. The number of fused-ring (bicyclic) bond motifs is 3. The van der Waals surface area contributed by atoms with Gasteiger partial charge in [0.1, 0.15) is 11.2 Å². The third-order valence-electron chi connectivity index (χ3n) is 9.26. The van der Waals surface area contributed by atoms with Crippen LogP contribution in [-0.4, -0.2) is 0 Å². The lowest BCUT2D eigenvalue weighted by Crippen LogP contribution is -1.95. The molecule has 0 bridgehead atoms. The van der Waals surface area contributed by atoms with Crippen molar-refractivity contribution in [3.63, 3.8) is 0 Å². The Morgan fingerprint density at radius 3 is 1.66 bits per heavy atom. The summed E-state index contributed by atoms with van der Waals surface area (Å²) in [6.07, 6.45) is 0. The van der Waals surface area contributed by atoms with Crippen molar-refractivity contribution in [2.45, 2.75) is 12.8 Å². The van der Waals surface area contributed by atoms with Gasteiger partial charge in [-0.3, -0.25) is 0 Å². The molecule has 1 unspecified atom stereocenters. The Labute approximate surface area is 274 Å². The van der Waals surface area contributed by atoms with Crippen molar-refractivity contribution in [1.82, 2.24) is 0 Å². The van der Waals surface area contributed by atoms with E-state index in [1.807, 2.05) is 30.3 Å². The van der Waals surface area contributed by atoms with Gasteiger partial charge in [-0.25, -0.2) is 0 Å². The van der Waals surface area contributed by atoms with Crippen molar-refractivity contribution in [3.05, 3.63) is 180 Å². The van der Waals surface area contributed by atoms with Crippen molar-refractivity contribution < 1.29 is 4.42 Å². The van der Waals surface area contributed by atoms with Crippen molar-refractivity contribution in [1.29, 1.82) is 5.26 Å². The van der Waals surface area contributed by atoms with Gasteiger partial charge in [0, 0.05) is 27.8 Å². The van der Waals surface area contributed by atoms with Gasteiger partial charge in [-0.2, -0.15) is 5.26 Å². The first-order valence-electron chi connectivity index (χ1n) is 16.0. The predicted molar refractivity (Wildman–Crippen MR) is 194 cm³/mol. The minimum absolute atomic E-state index is 0.292. The molecule has 0 radical (unpaired) electrons. The molecule has 0 aliphatic carbocycles. The molecule has 2 heteroatoms. The second-order valence-corrected chi connectivity index (χ2v) is 12.0. The molecule has 222 valence electrons. The highest BCUT2D eigenvalue weighted by Gasteiger charge is 2.21.